The zero-order valence-electron chi connectivity index (χ0n) is 7.37. The fourth-order valence-electron chi connectivity index (χ4n) is 1.28. The molecular weight excluding hydrogens is 248 g/mol. The van der Waals surface area contributed by atoms with Gasteiger partial charge in [0.05, 0.1) is 18.2 Å². The number of ether oxygens (including phenoxy) is 1. The number of rotatable bonds is 1. The predicted octanol–water partition coefficient (Wildman–Crippen LogP) is 2.11. The van der Waals surface area contributed by atoms with Gasteiger partial charge in [-0.3, -0.25) is 0 Å². The fraction of sp³-hybridized carbons (Fsp3) is 0.111. The first-order chi connectivity index (χ1) is 6.72. The van der Waals surface area contributed by atoms with E-state index in [4.69, 9.17) is 0 Å². The van der Waals surface area contributed by atoms with Crippen molar-refractivity contribution in [1.82, 2.24) is 9.97 Å². The molecule has 2 aromatic rings. The van der Waals surface area contributed by atoms with Crippen LogP contribution in [-0.4, -0.2) is 23.0 Å². The summed E-state index contributed by atoms with van der Waals surface area (Å²) in [6, 6.07) is 5.31. The fourth-order valence-corrected chi connectivity index (χ4v) is 1.67. The highest BCUT2D eigenvalue weighted by Gasteiger charge is 2.12. The zero-order valence-corrected chi connectivity index (χ0v) is 8.96. The van der Waals surface area contributed by atoms with Crippen molar-refractivity contribution in [3.8, 4) is 0 Å². The smallest absolute Gasteiger partial charge is 0.340 e. The van der Waals surface area contributed by atoms with E-state index in [1.165, 1.54) is 7.11 Å². The molecule has 2 rings (SSSR count). The molecule has 4 nitrogen and oxygen atoms in total. The van der Waals surface area contributed by atoms with Crippen molar-refractivity contribution in [3.63, 3.8) is 0 Å². The lowest BCUT2D eigenvalue weighted by Gasteiger charge is -1.98. The van der Waals surface area contributed by atoms with Crippen molar-refractivity contribution in [1.29, 1.82) is 0 Å². The van der Waals surface area contributed by atoms with Crippen LogP contribution in [0.5, 0.6) is 0 Å². The van der Waals surface area contributed by atoms with Gasteiger partial charge in [0, 0.05) is 0 Å². The number of nitrogens with zero attached hydrogens (tertiary/aromatic N) is 1. The number of H-pyrrole nitrogens is 1. The number of methoxy groups -OCH3 is 1. The van der Waals surface area contributed by atoms with Gasteiger partial charge < -0.3 is 9.72 Å². The quantitative estimate of drug-likeness (QED) is 0.794. The van der Waals surface area contributed by atoms with Gasteiger partial charge in [0.25, 0.3) is 0 Å². The van der Waals surface area contributed by atoms with Crippen LogP contribution >= 0.6 is 15.9 Å². The monoisotopic (exact) mass is 254 g/mol. The molecule has 0 amide bonds. The van der Waals surface area contributed by atoms with Gasteiger partial charge in [-0.2, -0.15) is 0 Å². The molecule has 0 aliphatic carbocycles. The Bertz CT molecular complexity index is 493. The van der Waals surface area contributed by atoms with Crippen molar-refractivity contribution >= 4 is 32.9 Å². The van der Waals surface area contributed by atoms with E-state index in [9.17, 15) is 4.79 Å². The molecule has 0 radical (unpaired) electrons. The van der Waals surface area contributed by atoms with Crippen molar-refractivity contribution in [3.05, 3.63) is 28.5 Å². The van der Waals surface area contributed by atoms with Crippen molar-refractivity contribution in [2.45, 2.75) is 0 Å². The van der Waals surface area contributed by atoms with Crippen molar-refractivity contribution < 1.29 is 9.53 Å². The summed E-state index contributed by atoms with van der Waals surface area (Å²) in [7, 11) is 1.35. The topological polar surface area (TPSA) is 55.0 Å². The largest absolute Gasteiger partial charge is 0.465 e. The minimum atomic E-state index is -0.380. The Morgan fingerprint density at radius 2 is 2.36 bits per heavy atom. The second-order valence-electron chi connectivity index (χ2n) is 2.72. The SMILES string of the molecule is COC(=O)c1cccc2[nH]c(Br)nc12. The van der Waals surface area contributed by atoms with Crippen LogP contribution in [0.3, 0.4) is 0 Å². The number of para-hydroxylation sites is 1. The van der Waals surface area contributed by atoms with Crippen LogP contribution in [0, 0.1) is 0 Å². The van der Waals surface area contributed by atoms with Gasteiger partial charge in [-0.05, 0) is 28.1 Å². The van der Waals surface area contributed by atoms with Gasteiger partial charge in [0.15, 0.2) is 4.73 Å². The second kappa shape index (κ2) is 3.42. The van der Waals surface area contributed by atoms with Crippen LogP contribution in [0.25, 0.3) is 11.0 Å². The maximum Gasteiger partial charge on any atom is 0.340 e. The highest BCUT2D eigenvalue weighted by atomic mass is 79.9. The number of aromatic amines is 1. The Balaban J connectivity index is 2.70. The molecule has 0 fully saturated rings. The molecule has 1 N–H and O–H groups in total. The molecule has 0 spiro atoms. The second-order valence-corrected chi connectivity index (χ2v) is 3.47. The maximum absolute atomic E-state index is 11.3. The molecular formula is C9H7BrN2O2. The number of esters is 1. The minimum Gasteiger partial charge on any atom is -0.465 e. The molecule has 0 aliphatic heterocycles. The molecule has 0 aliphatic rings. The van der Waals surface area contributed by atoms with Gasteiger partial charge in [-0.1, -0.05) is 6.07 Å². The number of nitrogens with one attached hydrogen (secondary N) is 1. The van der Waals surface area contributed by atoms with Gasteiger partial charge in [-0.15, -0.1) is 0 Å². The molecule has 5 heteroatoms. The normalized spacial score (nSPS) is 10.4. The average Bonchev–Trinajstić information content (AvgIpc) is 2.56. The highest BCUT2D eigenvalue weighted by Crippen LogP contribution is 2.19. The molecule has 1 heterocycles. The van der Waals surface area contributed by atoms with E-state index in [0.29, 0.717) is 15.8 Å². The van der Waals surface area contributed by atoms with Crippen molar-refractivity contribution in [2.24, 2.45) is 0 Å². The molecule has 0 saturated carbocycles. The minimum absolute atomic E-state index is 0.380. The Hall–Kier alpha value is -1.36. The molecule has 0 unspecified atom stereocenters. The number of aromatic nitrogens is 2. The molecule has 0 bridgehead atoms. The summed E-state index contributed by atoms with van der Waals surface area (Å²) >= 11 is 3.21. The van der Waals surface area contributed by atoms with Crippen LogP contribution in [0.2, 0.25) is 0 Å². The number of fused-ring (bicyclic) bond motifs is 1. The van der Waals surface area contributed by atoms with Crippen LogP contribution in [0.1, 0.15) is 10.4 Å². The number of carbonyl (C=O) groups excluding carboxylic acids is 1. The zero-order chi connectivity index (χ0) is 10.1. The predicted molar refractivity (Wildman–Crippen MR) is 55.1 cm³/mol. The Kier molecular flexibility index (Phi) is 2.25. The van der Waals surface area contributed by atoms with E-state index in [0.717, 1.165) is 5.52 Å². The molecule has 1 aromatic carbocycles. The number of hydrogen-bond donors (Lipinski definition) is 1. The summed E-state index contributed by atoms with van der Waals surface area (Å²) in [5.41, 5.74) is 1.89. The number of hydrogen-bond acceptors (Lipinski definition) is 3. The standard InChI is InChI=1S/C9H7BrN2O2/c1-14-8(13)5-3-2-4-6-7(5)12-9(10)11-6/h2-4H,1H3,(H,11,12). The van der Waals surface area contributed by atoms with Crippen LogP contribution in [0.4, 0.5) is 0 Å². The number of imidazole rings is 1. The molecule has 0 atom stereocenters. The maximum atomic E-state index is 11.3. The number of carbonyl (C=O) groups is 1. The third kappa shape index (κ3) is 1.39. The van der Waals surface area contributed by atoms with E-state index >= 15 is 0 Å². The van der Waals surface area contributed by atoms with Crippen LogP contribution in [0.15, 0.2) is 22.9 Å². The van der Waals surface area contributed by atoms with E-state index in [2.05, 4.69) is 30.6 Å². The lowest BCUT2D eigenvalue weighted by atomic mass is 10.2. The lowest BCUT2D eigenvalue weighted by molar-refractivity contribution is 0.0603. The van der Waals surface area contributed by atoms with Crippen LogP contribution < -0.4 is 0 Å². The first-order valence-electron chi connectivity index (χ1n) is 3.95. The summed E-state index contributed by atoms with van der Waals surface area (Å²) in [4.78, 5) is 18.5. The summed E-state index contributed by atoms with van der Waals surface area (Å²) in [6.07, 6.45) is 0. The Labute approximate surface area is 88.4 Å². The lowest BCUT2D eigenvalue weighted by Crippen LogP contribution is -2.01. The third-order valence-corrected chi connectivity index (χ3v) is 2.26. The van der Waals surface area contributed by atoms with Gasteiger partial charge in [0.2, 0.25) is 0 Å². The van der Waals surface area contributed by atoms with E-state index < -0.39 is 0 Å². The summed E-state index contributed by atoms with van der Waals surface area (Å²) < 4.78 is 5.25. The van der Waals surface area contributed by atoms with Gasteiger partial charge in [0.1, 0.15) is 5.52 Å². The van der Waals surface area contributed by atoms with Gasteiger partial charge >= 0.3 is 5.97 Å². The third-order valence-electron chi connectivity index (χ3n) is 1.89. The summed E-state index contributed by atoms with van der Waals surface area (Å²) in [5, 5.41) is 0. The Morgan fingerprint density at radius 3 is 3.07 bits per heavy atom. The number of benzene rings is 1. The number of halogens is 1. The van der Waals surface area contributed by atoms with Crippen LogP contribution in [-0.2, 0) is 4.74 Å². The first-order valence-corrected chi connectivity index (χ1v) is 4.74. The van der Waals surface area contributed by atoms with E-state index in [1.807, 2.05) is 6.07 Å². The highest BCUT2D eigenvalue weighted by molar-refractivity contribution is 9.10. The van der Waals surface area contributed by atoms with Crippen molar-refractivity contribution in [2.75, 3.05) is 7.11 Å². The molecule has 1 aromatic heterocycles. The van der Waals surface area contributed by atoms with E-state index in [1.54, 1.807) is 12.1 Å². The Morgan fingerprint density at radius 1 is 1.57 bits per heavy atom. The summed E-state index contributed by atoms with van der Waals surface area (Å²) in [5.74, 6) is -0.380. The average molecular weight is 255 g/mol. The molecule has 72 valence electrons. The van der Waals surface area contributed by atoms with E-state index in [-0.39, 0.29) is 5.97 Å². The summed E-state index contributed by atoms with van der Waals surface area (Å²) in [6.45, 7) is 0. The van der Waals surface area contributed by atoms with Gasteiger partial charge in [-0.25, -0.2) is 9.78 Å². The first kappa shape index (κ1) is 9.21. The molecule has 14 heavy (non-hydrogen) atoms. The molecule has 0 saturated heterocycles.